The zero-order valence-electron chi connectivity index (χ0n) is 14.4. The molecule has 4 rings (SSSR count). The highest BCUT2D eigenvalue weighted by atomic mass is 16.2. The maximum absolute atomic E-state index is 12.9. The van der Waals surface area contributed by atoms with Gasteiger partial charge in [-0.1, -0.05) is 0 Å². The van der Waals surface area contributed by atoms with Gasteiger partial charge in [0.15, 0.2) is 0 Å². The molecule has 0 bridgehead atoms. The summed E-state index contributed by atoms with van der Waals surface area (Å²) in [5.41, 5.74) is 1.15. The van der Waals surface area contributed by atoms with Crippen LogP contribution in [-0.4, -0.2) is 57.6 Å². The zero-order chi connectivity index (χ0) is 16.7. The molecule has 3 aliphatic rings. The Kier molecular flexibility index (Phi) is 4.06. The van der Waals surface area contributed by atoms with Crippen LogP contribution >= 0.6 is 0 Å². The van der Waals surface area contributed by atoms with Crippen LogP contribution in [-0.2, 0) is 9.59 Å². The number of carbonyl (C=O) groups excluding carboxylic acids is 2. The first-order chi connectivity index (χ1) is 11.6. The van der Waals surface area contributed by atoms with E-state index in [-0.39, 0.29) is 23.8 Å². The number of amides is 2. The van der Waals surface area contributed by atoms with Crippen molar-refractivity contribution in [3.63, 3.8) is 0 Å². The molecular formula is C18H26N4O2. The summed E-state index contributed by atoms with van der Waals surface area (Å²) >= 11 is 0. The predicted octanol–water partition coefficient (Wildman–Crippen LogP) is 1.61. The third-order valence-electron chi connectivity index (χ3n) is 5.55. The smallest absolute Gasteiger partial charge is 0.228 e. The topological polar surface area (TPSA) is 58.4 Å². The molecule has 0 aromatic carbocycles. The van der Waals surface area contributed by atoms with Gasteiger partial charge in [-0.3, -0.25) is 14.3 Å². The van der Waals surface area contributed by atoms with Gasteiger partial charge in [0.05, 0.1) is 18.2 Å². The van der Waals surface area contributed by atoms with Crippen LogP contribution in [0.4, 0.5) is 0 Å². The lowest BCUT2D eigenvalue weighted by molar-refractivity contribution is -0.137. The minimum atomic E-state index is -0.144. The quantitative estimate of drug-likeness (QED) is 0.843. The Balaban J connectivity index is 1.38. The van der Waals surface area contributed by atoms with Crippen molar-refractivity contribution in [3.05, 3.63) is 18.0 Å². The van der Waals surface area contributed by atoms with Gasteiger partial charge in [0.25, 0.3) is 0 Å². The minimum absolute atomic E-state index is 0.144. The first-order valence-electron chi connectivity index (χ1n) is 9.17. The van der Waals surface area contributed by atoms with Crippen LogP contribution in [0.2, 0.25) is 0 Å². The van der Waals surface area contributed by atoms with E-state index in [1.165, 1.54) is 12.8 Å². The molecule has 6 heteroatoms. The average molecular weight is 330 g/mol. The lowest BCUT2D eigenvalue weighted by Gasteiger charge is -2.34. The lowest BCUT2D eigenvalue weighted by Crippen LogP contribution is -2.44. The molecule has 0 unspecified atom stereocenters. The second-order valence-corrected chi connectivity index (χ2v) is 7.72. The third-order valence-corrected chi connectivity index (χ3v) is 5.55. The number of carbonyl (C=O) groups is 2. The van der Waals surface area contributed by atoms with Crippen LogP contribution < -0.4 is 0 Å². The molecule has 0 N–H and O–H groups in total. The monoisotopic (exact) mass is 330 g/mol. The van der Waals surface area contributed by atoms with E-state index in [0.717, 1.165) is 31.5 Å². The molecule has 1 aliphatic carbocycles. The Hall–Kier alpha value is -1.85. The fourth-order valence-electron chi connectivity index (χ4n) is 3.99. The maximum Gasteiger partial charge on any atom is 0.228 e. The number of aryl methyl sites for hydroxylation is 1. The molecule has 2 saturated heterocycles. The van der Waals surface area contributed by atoms with Gasteiger partial charge in [-0.2, -0.15) is 5.10 Å². The highest BCUT2D eigenvalue weighted by Crippen LogP contribution is 2.32. The molecule has 2 amide bonds. The van der Waals surface area contributed by atoms with E-state index >= 15 is 0 Å². The van der Waals surface area contributed by atoms with Crippen LogP contribution in [0.25, 0.3) is 0 Å². The maximum atomic E-state index is 12.9. The van der Waals surface area contributed by atoms with Crippen molar-refractivity contribution in [2.45, 2.75) is 45.1 Å². The van der Waals surface area contributed by atoms with Crippen molar-refractivity contribution < 1.29 is 9.59 Å². The summed E-state index contributed by atoms with van der Waals surface area (Å²) in [6.45, 7) is 5.04. The van der Waals surface area contributed by atoms with Gasteiger partial charge >= 0.3 is 0 Å². The summed E-state index contributed by atoms with van der Waals surface area (Å²) in [5.74, 6) is 0.867. The Morgan fingerprint density at radius 1 is 1.29 bits per heavy atom. The molecule has 2 atom stereocenters. The molecule has 1 aromatic heterocycles. The lowest BCUT2D eigenvalue weighted by atomic mass is 10.0. The predicted molar refractivity (Wildman–Crippen MR) is 89.2 cm³/mol. The van der Waals surface area contributed by atoms with E-state index in [4.69, 9.17) is 0 Å². The first-order valence-corrected chi connectivity index (χ1v) is 9.17. The highest BCUT2D eigenvalue weighted by molar-refractivity contribution is 5.89. The summed E-state index contributed by atoms with van der Waals surface area (Å²) in [7, 11) is 0. The van der Waals surface area contributed by atoms with Crippen LogP contribution in [0.5, 0.6) is 0 Å². The summed E-state index contributed by atoms with van der Waals surface area (Å²) in [5, 5.41) is 4.41. The van der Waals surface area contributed by atoms with Gasteiger partial charge in [0.2, 0.25) is 11.8 Å². The molecule has 0 radical (unpaired) electrons. The molecule has 24 heavy (non-hydrogen) atoms. The van der Waals surface area contributed by atoms with E-state index in [2.05, 4.69) is 11.3 Å². The van der Waals surface area contributed by atoms with Gasteiger partial charge in [-0.25, -0.2) is 0 Å². The fraction of sp³-hybridized carbons (Fsp3) is 0.722. The summed E-state index contributed by atoms with van der Waals surface area (Å²) in [6, 6.07) is 0.260. The molecular weight excluding hydrogens is 304 g/mol. The molecule has 130 valence electrons. The molecule has 3 heterocycles. The van der Waals surface area contributed by atoms with Gasteiger partial charge in [-0.05, 0) is 44.1 Å². The van der Waals surface area contributed by atoms with Crippen LogP contribution in [0.15, 0.2) is 12.4 Å². The minimum Gasteiger partial charge on any atom is -0.342 e. The summed E-state index contributed by atoms with van der Waals surface area (Å²) in [6.07, 6.45) is 8.85. The highest BCUT2D eigenvalue weighted by Gasteiger charge is 2.39. The molecule has 1 aromatic rings. The number of piperidine rings is 1. The Bertz CT molecular complexity index is 637. The number of aromatic nitrogens is 2. The molecule has 0 spiro atoms. The first kappa shape index (κ1) is 15.7. The second kappa shape index (κ2) is 6.22. The fourth-order valence-corrected chi connectivity index (χ4v) is 3.99. The zero-order valence-corrected chi connectivity index (χ0v) is 14.4. The van der Waals surface area contributed by atoms with Crippen LogP contribution in [0.3, 0.4) is 0 Å². The Labute approximate surface area is 142 Å². The van der Waals surface area contributed by atoms with E-state index < -0.39 is 0 Å². The van der Waals surface area contributed by atoms with Crippen molar-refractivity contribution in [1.29, 1.82) is 0 Å². The number of hydrogen-bond donors (Lipinski definition) is 0. The SMILES string of the molecule is Cc1cnn([C@@H]2CCCN(C(=O)[C@@H]3CC(=O)N(CC4CC4)C3)C2)c1. The van der Waals surface area contributed by atoms with Gasteiger partial charge in [0.1, 0.15) is 0 Å². The van der Waals surface area contributed by atoms with Gasteiger partial charge in [-0.15, -0.1) is 0 Å². The average Bonchev–Trinajstić information content (AvgIpc) is 3.18. The molecule has 3 fully saturated rings. The largest absolute Gasteiger partial charge is 0.342 e. The third kappa shape index (κ3) is 3.19. The summed E-state index contributed by atoms with van der Waals surface area (Å²) < 4.78 is 1.99. The van der Waals surface area contributed by atoms with Crippen molar-refractivity contribution in [2.75, 3.05) is 26.2 Å². The normalized spacial score (nSPS) is 27.8. The van der Waals surface area contributed by atoms with Crippen LogP contribution in [0.1, 0.15) is 43.7 Å². The summed E-state index contributed by atoms with van der Waals surface area (Å²) in [4.78, 5) is 28.9. The number of rotatable bonds is 4. The van der Waals surface area contributed by atoms with Crippen LogP contribution in [0, 0.1) is 18.8 Å². The van der Waals surface area contributed by atoms with Gasteiger partial charge < -0.3 is 9.80 Å². The van der Waals surface area contributed by atoms with Crippen molar-refractivity contribution in [3.8, 4) is 0 Å². The van der Waals surface area contributed by atoms with Crippen molar-refractivity contribution in [2.24, 2.45) is 11.8 Å². The molecule has 6 nitrogen and oxygen atoms in total. The van der Waals surface area contributed by atoms with E-state index in [1.807, 2.05) is 27.6 Å². The number of nitrogens with zero attached hydrogens (tertiary/aromatic N) is 4. The van der Waals surface area contributed by atoms with E-state index in [9.17, 15) is 9.59 Å². The van der Waals surface area contributed by atoms with Crippen molar-refractivity contribution >= 4 is 11.8 Å². The Morgan fingerprint density at radius 2 is 2.12 bits per heavy atom. The van der Waals surface area contributed by atoms with Crippen molar-refractivity contribution in [1.82, 2.24) is 19.6 Å². The van der Waals surface area contributed by atoms with E-state index in [1.54, 1.807) is 0 Å². The number of likely N-dealkylation sites (tertiary alicyclic amines) is 2. The molecule has 1 saturated carbocycles. The van der Waals surface area contributed by atoms with Gasteiger partial charge in [0, 0.05) is 38.8 Å². The number of hydrogen-bond acceptors (Lipinski definition) is 3. The second-order valence-electron chi connectivity index (χ2n) is 7.72. The Morgan fingerprint density at radius 3 is 2.83 bits per heavy atom. The molecule has 2 aliphatic heterocycles. The van der Waals surface area contributed by atoms with E-state index in [0.29, 0.717) is 25.4 Å². The standard InChI is InChI=1S/C18H26N4O2/c1-13-8-19-22(9-13)16-3-2-6-20(12-16)18(24)15-7-17(23)21(11-15)10-14-4-5-14/h8-9,14-16H,2-7,10-12H2,1H3/t15-,16-/m1/s1.